The molecule has 0 fully saturated rings. The number of rotatable bonds is 3. The summed E-state index contributed by atoms with van der Waals surface area (Å²) in [5.74, 6) is -0.411. The van der Waals surface area contributed by atoms with Gasteiger partial charge in [0, 0.05) is 28.5 Å². The summed E-state index contributed by atoms with van der Waals surface area (Å²) in [6, 6.07) is 11.3. The van der Waals surface area contributed by atoms with E-state index in [1.807, 2.05) is 6.07 Å². The molecule has 0 amide bonds. The smallest absolute Gasteiger partial charge is 0.132 e. The van der Waals surface area contributed by atoms with Crippen molar-refractivity contribution >= 4 is 17.9 Å². The lowest BCUT2D eigenvalue weighted by Gasteiger charge is -2.11. The Hall–Kier alpha value is -2.79. The molecule has 6 heteroatoms. The lowest BCUT2D eigenvalue weighted by molar-refractivity contribution is 0.631. The molecule has 0 bridgehead atoms. The van der Waals surface area contributed by atoms with Crippen LogP contribution in [0.2, 0.25) is 5.02 Å². The van der Waals surface area contributed by atoms with E-state index in [4.69, 9.17) is 22.4 Å². The van der Waals surface area contributed by atoms with Crippen LogP contribution in [0, 0.1) is 16.6 Å². The highest BCUT2D eigenvalue weighted by Gasteiger charge is 2.13. The van der Waals surface area contributed by atoms with Crippen LogP contribution in [0.4, 0.5) is 4.39 Å². The Bertz CT molecular complexity index is 949. The quantitative estimate of drug-likeness (QED) is 0.555. The fraction of sp³-hybridized carbons (Fsp3) is 0. The van der Waals surface area contributed by atoms with Crippen LogP contribution in [0.3, 0.4) is 0 Å². The van der Waals surface area contributed by atoms with Crippen molar-refractivity contribution in [3.05, 3.63) is 71.2 Å². The third kappa shape index (κ3) is 2.91. The highest BCUT2D eigenvalue weighted by Crippen LogP contribution is 2.32. The molecule has 0 atom stereocenters. The molecule has 0 unspecified atom stereocenters. The summed E-state index contributed by atoms with van der Waals surface area (Å²) < 4.78 is 15.5. The Kier molecular flexibility index (Phi) is 4.04. The van der Waals surface area contributed by atoms with Gasteiger partial charge in [0.15, 0.2) is 0 Å². The number of pyridine rings is 2. The SMILES string of the molecule is N=Cn1ccc(-c2cccnc2-c2cc(Cl)ccc2F)cc1=N. The summed E-state index contributed by atoms with van der Waals surface area (Å²) in [5.41, 5.74) is 2.33. The Morgan fingerprint density at radius 2 is 1.96 bits per heavy atom. The normalized spacial score (nSPS) is 10.5. The van der Waals surface area contributed by atoms with Crippen molar-refractivity contribution in [2.24, 2.45) is 0 Å². The molecule has 4 nitrogen and oxygen atoms in total. The molecule has 0 aliphatic rings. The first kappa shape index (κ1) is 15.1. The topological polar surface area (TPSA) is 65.5 Å². The van der Waals surface area contributed by atoms with Crippen LogP contribution in [0.15, 0.2) is 54.9 Å². The van der Waals surface area contributed by atoms with Crippen LogP contribution in [-0.2, 0) is 0 Å². The Morgan fingerprint density at radius 3 is 2.70 bits per heavy atom. The molecule has 0 spiro atoms. The van der Waals surface area contributed by atoms with Gasteiger partial charge in [-0.2, -0.15) is 0 Å². The summed E-state index contributed by atoms with van der Waals surface area (Å²) in [7, 11) is 0. The van der Waals surface area contributed by atoms with Gasteiger partial charge in [-0.15, -0.1) is 0 Å². The number of benzene rings is 1. The molecule has 1 aromatic carbocycles. The van der Waals surface area contributed by atoms with Crippen LogP contribution in [0.5, 0.6) is 0 Å². The second-order valence-corrected chi connectivity index (χ2v) is 5.30. The average Bonchev–Trinajstić information content (AvgIpc) is 2.57. The first-order chi connectivity index (χ1) is 11.1. The van der Waals surface area contributed by atoms with Crippen molar-refractivity contribution in [2.45, 2.75) is 0 Å². The molecule has 114 valence electrons. The van der Waals surface area contributed by atoms with E-state index in [0.717, 1.165) is 11.9 Å². The number of nitrogens with zero attached hydrogens (tertiary/aromatic N) is 2. The molecule has 3 rings (SSSR count). The van der Waals surface area contributed by atoms with Gasteiger partial charge in [0.2, 0.25) is 0 Å². The van der Waals surface area contributed by atoms with Crippen LogP contribution in [0.1, 0.15) is 0 Å². The average molecular weight is 327 g/mol. The van der Waals surface area contributed by atoms with E-state index < -0.39 is 5.82 Å². The predicted octanol–water partition coefficient (Wildman–Crippen LogP) is 3.94. The standard InChI is InChI=1S/C17H12ClFN4/c18-12-3-4-15(19)14(9-12)17-13(2-1-6-22-17)11-5-7-23(10-20)16(21)8-11/h1-10,20-21H. The minimum Gasteiger partial charge on any atom is -0.293 e. The van der Waals surface area contributed by atoms with E-state index in [9.17, 15) is 4.39 Å². The Labute approximate surface area is 136 Å². The van der Waals surface area contributed by atoms with E-state index in [-0.39, 0.29) is 5.49 Å². The first-order valence-corrected chi connectivity index (χ1v) is 7.16. The van der Waals surface area contributed by atoms with Gasteiger partial charge in [0.1, 0.15) is 11.3 Å². The zero-order chi connectivity index (χ0) is 16.4. The van der Waals surface area contributed by atoms with Crippen LogP contribution in [0.25, 0.3) is 22.4 Å². The van der Waals surface area contributed by atoms with Gasteiger partial charge in [0.05, 0.1) is 12.0 Å². The maximum absolute atomic E-state index is 14.2. The lowest BCUT2D eigenvalue weighted by Crippen LogP contribution is -2.17. The summed E-state index contributed by atoms with van der Waals surface area (Å²) >= 11 is 5.98. The van der Waals surface area contributed by atoms with Crippen molar-refractivity contribution < 1.29 is 4.39 Å². The zero-order valence-electron chi connectivity index (χ0n) is 11.9. The van der Waals surface area contributed by atoms with Crippen LogP contribution >= 0.6 is 11.6 Å². The van der Waals surface area contributed by atoms with Crippen LogP contribution in [-0.4, -0.2) is 15.9 Å². The molecule has 0 saturated heterocycles. The van der Waals surface area contributed by atoms with Crippen molar-refractivity contribution in [1.29, 1.82) is 10.8 Å². The van der Waals surface area contributed by atoms with Crippen molar-refractivity contribution in [2.75, 3.05) is 0 Å². The molecule has 0 saturated carbocycles. The minimum atomic E-state index is -0.411. The molecular weight excluding hydrogens is 315 g/mol. The molecule has 0 aliphatic heterocycles. The molecular formula is C17H12ClFN4. The highest BCUT2D eigenvalue weighted by molar-refractivity contribution is 6.30. The first-order valence-electron chi connectivity index (χ1n) is 6.78. The molecule has 2 heterocycles. The Morgan fingerprint density at radius 1 is 1.13 bits per heavy atom. The van der Waals surface area contributed by atoms with E-state index in [1.54, 1.807) is 30.6 Å². The second kappa shape index (κ2) is 6.14. The van der Waals surface area contributed by atoms with E-state index in [2.05, 4.69) is 4.98 Å². The Balaban J connectivity index is 2.23. The van der Waals surface area contributed by atoms with Gasteiger partial charge in [-0.25, -0.2) is 4.39 Å². The van der Waals surface area contributed by atoms with E-state index >= 15 is 0 Å². The maximum Gasteiger partial charge on any atom is 0.132 e. The third-order valence-electron chi connectivity index (χ3n) is 3.43. The number of hydrogen-bond donors (Lipinski definition) is 2. The largest absolute Gasteiger partial charge is 0.293 e. The zero-order valence-corrected chi connectivity index (χ0v) is 12.7. The number of aromatic nitrogens is 2. The van der Waals surface area contributed by atoms with E-state index in [0.29, 0.717) is 21.8 Å². The molecule has 2 N–H and O–H groups in total. The number of hydrogen-bond acceptors (Lipinski definition) is 3. The summed E-state index contributed by atoms with van der Waals surface area (Å²) in [5, 5.41) is 15.6. The van der Waals surface area contributed by atoms with Gasteiger partial charge in [-0.05, 0) is 42.0 Å². The molecule has 0 radical (unpaired) electrons. The monoisotopic (exact) mass is 326 g/mol. The molecule has 2 aromatic heterocycles. The number of nitrogens with one attached hydrogen (secondary N) is 2. The van der Waals surface area contributed by atoms with Gasteiger partial charge in [-0.3, -0.25) is 20.4 Å². The van der Waals surface area contributed by atoms with Gasteiger partial charge in [-0.1, -0.05) is 17.7 Å². The highest BCUT2D eigenvalue weighted by atomic mass is 35.5. The maximum atomic E-state index is 14.2. The number of halogens is 2. The van der Waals surface area contributed by atoms with Gasteiger partial charge >= 0.3 is 0 Å². The van der Waals surface area contributed by atoms with Crippen molar-refractivity contribution in [3.63, 3.8) is 0 Å². The summed E-state index contributed by atoms with van der Waals surface area (Å²) in [6.45, 7) is 0. The van der Waals surface area contributed by atoms with Crippen molar-refractivity contribution in [3.8, 4) is 22.4 Å². The van der Waals surface area contributed by atoms with Gasteiger partial charge < -0.3 is 0 Å². The van der Waals surface area contributed by atoms with Crippen molar-refractivity contribution in [1.82, 2.24) is 9.55 Å². The summed E-state index contributed by atoms with van der Waals surface area (Å²) in [6.07, 6.45) is 4.24. The van der Waals surface area contributed by atoms with E-state index in [1.165, 1.54) is 22.8 Å². The third-order valence-corrected chi connectivity index (χ3v) is 3.66. The fourth-order valence-corrected chi connectivity index (χ4v) is 2.49. The molecule has 3 aromatic rings. The van der Waals surface area contributed by atoms with Crippen LogP contribution < -0.4 is 5.49 Å². The second-order valence-electron chi connectivity index (χ2n) is 4.86. The minimum absolute atomic E-state index is 0.152. The molecule has 0 aliphatic carbocycles. The predicted molar refractivity (Wildman–Crippen MR) is 88.1 cm³/mol. The van der Waals surface area contributed by atoms with Gasteiger partial charge in [0.25, 0.3) is 0 Å². The summed E-state index contributed by atoms with van der Waals surface area (Å²) in [4.78, 5) is 4.29. The molecule has 23 heavy (non-hydrogen) atoms. The lowest BCUT2D eigenvalue weighted by atomic mass is 10.00. The fourth-order valence-electron chi connectivity index (χ4n) is 2.32.